The van der Waals surface area contributed by atoms with Gasteiger partial charge in [0.2, 0.25) is 5.91 Å². The average Bonchev–Trinajstić information content (AvgIpc) is 3.25. The molecule has 0 spiro atoms. The van der Waals surface area contributed by atoms with Gasteiger partial charge in [-0.15, -0.1) is 10.2 Å². The highest BCUT2D eigenvalue weighted by Gasteiger charge is 2.22. The molecular formula is C24H22ClN5O2S. The third kappa shape index (κ3) is 5.53. The summed E-state index contributed by atoms with van der Waals surface area (Å²) in [5.74, 6) is 1.30. The molecule has 2 aromatic heterocycles. The number of anilines is 1. The molecule has 0 saturated heterocycles. The summed E-state index contributed by atoms with van der Waals surface area (Å²) >= 11 is 7.26. The molecule has 2 heterocycles. The SMILES string of the molecule is CCOc1ccc(-n2c(SC(C)C(=O)Nc3ccc(Cl)cc3)nnc2-c2ccncc2)cc1. The van der Waals surface area contributed by atoms with Crippen LogP contribution < -0.4 is 10.1 Å². The Kier molecular flexibility index (Phi) is 7.26. The number of halogens is 1. The van der Waals surface area contributed by atoms with Gasteiger partial charge in [0.25, 0.3) is 0 Å². The fraction of sp³-hybridized carbons (Fsp3) is 0.167. The second-order valence-corrected chi connectivity index (χ2v) is 8.81. The van der Waals surface area contributed by atoms with Crippen molar-refractivity contribution in [2.45, 2.75) is 24.3 Å². The maximum atomic E-state index is 12.8. The minimum Gasteiger partial charge on any atom is -0.494 e. The number of hydrogen-bond acceptors (Lipinski definition) is 6. The standard InChI is InChI=1S/C24H22ClN5O2S/c1-3-32-21-10-8-20(9-11-21)30-22(17-12-14-26-15-13-17)28-29-24(30)33-16(2)23(31)27-19-6-4-18(25)5-7-19/h4-16H,3H2,1-2H3,(H,27,31). The number of hydrogen-bond donors (Lipinski definition) is 1. The molecule has 0 radical (unpaired) electrons. The maximum absolute atomic E-state index is 12.8. The Morgan fingerprint density at radius 1 is 1.06 bits per heavy atom. The Hall–Kier alpha value is -3.36. The van der Waals surface area contributed by atoms with Gasteiger partial charge in [-0.1, -0.05) is 23.4 Å². The predicted molar refractivity (Wildman–Crippen MR) is 131 cm³/mol. The fourth-order valence-electron chi connectivity index (χ4n) is 3.11. The van der Waals surface area contributed by atoms with Crippen molar-refractivity contribution in [3.63, 3.8) is 0 Å². The summed E-state index contributed by atoms with van der Waals surface area (Å²) in [4.78, 5) is 16.9. The van der Waals surface area contributed by atoms with Gasteiger partial charge in [0.05, 0.1) is 11.9 Å². The van der Waals surface area contributed by atoms with E-state index in [-0.39, 0.29) is 5.91 Å². The normalized spacial score (nSPS) is 11.7. The van der Waals surface area contributed by atoms with Crippen LogP contribution in [0.25, 0.3) is 17.1 Å². The fourth-order valence-corrected chi connectivity index (χ4v) is 4.11. The second-order valence-electron chi connectivity index (χ2n) is 7.06. The van der Waals surface area contributed by atoms with Gasteiger partial charge in [-0.25, -0.2) is 0 Å². The number of carbonyl (C=O) groups is 1. The number of nitrogens with zero attached hydrogens (tertiary/aromatic N) is 4. The van der Waals surface area contributed by atoms with Gasteiger partial charge in [0, 0.05) is 34.4 Å². The third-order valence-electron chi connectivity index (χ3n) is 4.74. The third-order valence-corrected chi connectivity index (χ3v) is 6.04. The van der Waals surface area contributed by atoms with Crippen LogP contribution in [-0.4, -0.2) is 37.5 Å². The van der Waals surface area contributed by atoms with Crippen LogP contribution in [0.4, 0.5) is 5.69 Å². The zero-order valence-electron chi connectivity index (χ0n) is 18.1. The van der Waals surface area contributed by atoms with Crippen LogP contribution >= 0.6 is 23.4 Å². The van der Waals surface area contributed by atoms with E-state index in [1.165, 1.54) is 11.8 Å². The molecule has 9 heteroatoms. The van der Waals surface area contributed by atoms with E-state index in [0.717, 1.165) is 17.0 Å². The van der Waals surface area contributed by atoms with E-state index in [0.29, 0.717) is 28.3 Å². The smallest absolute Gasteiger partial charge is 0.237 e. The van der Waals surface area contributed by atoms with Gasteiger partial charge in [-0.2, -0.15) is 0 Å². The number of thioether (sulfide) groups is 1. The number of ether oxygens (including phenoxy) is 1. The first kappa shape index (κ1) is 22.8. The predicted octanol–water partition coefficient (Wildman–Crippen LogP) is 5.50. The number of rotatable bonds is 8. The highest BCUT2D eigenvalue weighted by molar-refractivity contribution is 8.00. The lowest BCUT2D eigenvalue weighted by Crippen LogP contribution is -2.22. The van der Waals surface area contributed by atoms with Gasteiger partial charge >= 0.3 is 0 Å². The van der Waals surface area contributed by atoms with Crippen LogP contribution in [0.1, 0.15) is 13.8 Å². The topological polar surface area (TPSA) is 81.9 Å². The largest absolute Gasteiger partial charge is 0.494 e. The van der Waals surface area contributed by atoms with Crippen LogP contribution in [0.5, 0.6) is 5.75 Å². The summed E-state index contributed by atoms with van der Waals surface area (Å²) in [7, 11) is 0. The van der Waals surface area contributed by atoms with E-state index >= 15 is 0 Å². The van der Waals surface area contributed by atoms with Crippen LogP contribution in [-0.2, 0) is 4.79 Å². The van der Waals surface area contributed by atoms with Crippen LogP contribution in [0.15, 0.2) is 78.2 Å². The molecule has 1 N–H and O–H groups in total. The van der Waals surface area contributed by atoms with E-state index in [4.69, 9.17) is 16.3 Å². The van der Waals surface area contributed by atoms with Gasteiger partial charge in [0.15, 0.2) is 11.0 Å². The summed E-state index contributed by atoms with van der Waals surface area (Å²) in [5, 5.41) is 12.5. The van der Waals surface area contributed by atoms with Crippen molar-refractivity contribution < 1.29 is 9.53 Å². The van der Waals surface area contributed by atoms with Crippen molar-refractivity contribution in [1.29, 1.82) is 0 Å². The van der Waals surface area contributed by atoms with Crippen LogP contribution in [0, 0.1) is 0 Å². The second kappa shape index (κ2) is 10.5. The monoisotopic (exact) mass is 479 g/mol. The maximum Gasteiger partial charge on any atom is 0.237 e. The molecule has 0 aliphatic rings. The molecule has 1 unspecified atom stereocenters. The first-order chi connectivity index (χ1) is 16.0. The number of nitrogens with one attached hydrogen (secondary N) is 1. The van der Waals surface area contributed by atoms with E-state index in [1.807, 2.05) is 54.8 Å². The number of carbonyl (C=O) groups excluding carboxylic acids is 1. The highest BCUT2D eigenvalue weighted by atomic mass is 35.5. The molecule has 0 aliphatic carbocycles. The van der Waals surface area contributed by atoms with Crippen molar-refractivity contribution in [1.82, 2.24) is 19.7 Å². The van der Waals surface area contributed by atoms with Crippen molar-refractivity contribution >= 4 is 35.0 Å². The number of pyridine rings is 1. The van der Waals surface area contributed by atoms with Crippen LogP contribution in [0.2, 0.25) is 5.02 Å². The first-order valence-corrected chi connectivity index (χ1v) is 11.6. The van der Waals surface area contributed by atoms with E-state index in [9.17, 15) is 4.79 Å². The van der Waals surface area contributed by atoms with Crippen molar-refractivity contribution in [3.8, 4) is 22.8 Å². The lowest BCUT2D eigenvalue weighted by Gasteiger charge is -2.14. The zero-order chi connectivity index (χ0) is 23.2. The molecule has 33 heavy (non-hydrogen) atoms. The van der Waals surface area contributed by atoms with Crippen molar-refractivity contribution in [2.75, 3.05) is 11.9 Å². The summed E-state index contributed by atoms with van der Waals surface area (Å²) in [6.07, 6.45) is 3.42. The lowest BCUT2D eigenvalue weighted by atomic mass is 10.2. The zero-order valence-corrected chi connectivity index (χ0v) is 19.7. The highest BCUT2D eigenvalue weighted by Crippen LogP contribution is 2.31. The Morgan fingerprint density at radius 2 is 1.76 bits per heavy atom. The minimum absolute atomic E-state index is 0.144. The number of aromatic nitrogens is 4. The Labute approximate surface area is 201 Å². The summed E-state index contributed by atoms with van der Waals surface area (Å²) in [6.45, 7) is 4.37. The molecule has 0 fully saturated rings. The van der Waals surface area contributed by atoms with Gasteiger partial charge in [0.1, 0.15) is 5.75 Å². The quantitative estimate of drug-likeness (QED) is 0.336. The van der Waals surface area contributed by atoms with Crippen molar-refractivity contribution in [3.05, 3.63) is 78.1 Å². The Bertz CT molecular complexity index is 1210. The van der Waals surface area contributed by atoms with Gasteiger partial charge in [-0.3, -0.25) is 14.3 Å². The van der Waals surface area contributed by atoms with Gasteiger partial charge in [-0.05, 0) is 74.5 Å². The molecule has 4 rings (SSSR count). The molecule has 1 atom stereocenters. The molecule has 7 nitrogen and oxygen atoms in total. The molecular weight excluding hydrogens is 458 g/mol. The molecule has 0 bridgehead atoms. The average molecular weight is 480 g/mol. The van der Waals surface area contributed by atoms with E-state index < -0.39 is 5.25 Å². The summed E-state index contributed by atoms with van der Waals surface area (Å²) < 4.78 is 7.50. The lowest BCUT2D eigenvalue weighted by molar-refractivity contribution is -0.115. The number of amides is 1. The molecule has 1 amide bonds. The summed E-state index contributed by atoms with van der Waals surface area (Å²) in [6, 6.07) is 18.4. The molecule has 4 aromatic rings. The van der Waals surface area contributed by atoms with E-state index in [2.05, 4.69) is 20.5 Å². The molecule has 2 aromatic carbocycles. The molecule has 0 saturated carbocycles. The molecule has 168 valence electrons. The number of benzene rings is 2. The first-order valence-electron chi connectivity index (χ1n) is 10.4. The van der Waals surface area contributed by atoms with E-state index in [1.54, 1.807) is 36.7 Å². The molecule has 0 aliphatic heterocycles. The minimum atomic E-state index is -0.420. The summed E-state index contributed by atoms with van der Waals surface area (Å²) in [5.41, 5.74) is 2.42. The Morgan fingerprint density at radius 3 is 2.42 bits per heavy atom. The van der Waals surface area contributed by atoms with Crippen molar-refractivity contribution in [2.24, 2.45) is 0 Å². The van der Waals surface area contributed by atoms with Crippen LogP contribution in [0.3, 0.4) is 0 Å². The Balaban J connectivity index is 1.62. The van der Waals surface area contributed by atoms with Gasteiger partial charge < -0.3 is 10.1 Å².